The molecule has 132 valence electrons. The largest absolute Gasteiger partial charge is 0.481 e. The molecule has 0 spiro atoms. The summed E-state index contributed by atoms with van der Waals surface area (Å²) < 4.78 is 0. The number of carboxylic acids is 2. The third-order valence-corrected chi connectivity index (χ3v) is 3.31. The SMILES string of the molecule is CC(C)(C)CCCCC(=O)O.CCCCCCCCC(=O)O. The van der Waals surface area contributed by atoms with E-state index in [1.165, 1.54) is 25.7 Å². The first-order chi connectivity index (χ1) is 10.2. The van der Waals surface area contributed by atoms with Crippen molar-refractivity contribution in [2.75, 3.05) is 0 Å². The average Bonchev–Trinajstić information content (AvgIpc) is 2.38. The molecule has 0 aromatic carbocycles. The molecule has 0 aliphatic carbocycles. The van der Waals surface area contributed by atoms with Crippen LogP contribution in [0.4, 0.5) is 0 Å². The van der Waals surface area contributed by atoms with E-state index in [1.54, 1.807) is 0 Å². The zero-order valence-corrected chi connectivity index (χ0v) is 15.0. The fourth-order valence-corrected chi connectivity index (χ4v) is 1.99. The van der Waals surface area contributed by atoms with Crippen LogP contribution in [-0.4, -0.2) is 22.2 Å². The third kappa shape index (κ3) is 27.3. The molecule has 0 fully saturated rings. The van der Waals surface area contributed by atoms with Crippen LogP contribution in [0.25, 0.3) is 0 Å². The summed E-state index contributed by atoms with van der Waals surface area (Å²) in [4.78, 5) is 20.2. The Morgan fingerprint density at radius 3 is 1.55 bits per heavy atom. The van der Waals surface area contributed by atoms with Crippen LogP contribution < -0.4 is 0 Å². The summed E-state index contributed by atoms with van der Waals surface area (Å²) >= 11 is 0. The van der Waals surface area contributed by atoms with Crippen molar-refractivity contribution in [3.8, 4) is 0 Å². The number of unbranched alkanes of at least 4 members (excludes halogenated alkanes) is 6. The second kappa shape index (κ2) is 14.9. The van der Waals surface area contributed by atoms with Crippen molar-refractivity contribution in [1.82, 2.24) is 0 Å². The van der Waals surface area contributed by atoms with Gasteiger partial charge in [-0.15, -0.1) is 0 Å². The highest BCUT2D eigenvalue weighted by molar-refractivity contribution is 5.66. The zero-order valence-electron chi connectivity index (χ0n) is 15.0. The molecule has 0 aromatic heterocycles. The van der Waals surface area contributed by atoms with Gasteiger partial charge in [-0.25, -0.2) is 0 Å². The van der Waals surface area contributed by atoms with Gasteiger partial charge in [-0.1, -0.05) is 66.2 Å². The molecule has 0 saturated heterocycles. The van der Waals surface area contributed by atoms with E-state index in [9.17, 15) is 9.59 Å². The van der Waals surface area contributed by atoms with Gasteiger partial charge in [-0.05, 0) is 24.7 Å². The van der Waals surface area contributed by atoms with Gasteiger partial charge in [0, 0.05) is 12.8 Å². The first-order valence-corrected chi connectivity index (χ1v) is 8.62. The summed E-state index contributed by atoms with van der Waals surface area (Å²) in [6, 6.07) is 0. The molecule has 0 aliphatic heterocycles. The molecule has 0 aliphatic rings. The second-order valence-corrected chi connectivity index (χ2v) is 7.07. The monoisotopic (exact) mass is 316 g/mol. The smallest absolute Gasteiger partial charge is 0.303 e. The van der Waals surface area contributed by atoms with Gasteiger partial charge in [0.25, 0.3) is 0 Å². The molecule has 0 saturated carbocycles. The van der Waals surface area contributed by atoms with Gasteiger partial charge >= 0.3 is 11.9 Å². The van der Waals surface area contributed by atoms with Gasteiger partial charge in [-0.3, -0.25) is 9.59 Å². The lowest BCUT2D eigenvalue weighted by atomic mass is 9.89. The van der Waals surface area contributed by atoms with Gasteiger partial charge < -0.3 is 10.2 Å². The summed E-state index contributed by atoms with van der Waals surface area (Å²) in [5.74, 6) is -1.35. The van der Waals surface area contributed by atoms with E-state index in [-0.39, 0.29) is 0 Å². The average molecular weight is 316 g/mol. The second-order valence-electron chi connectivity index (χ2n) is 7.07. The minimum atomic E-state index is -0.682. The summed E-state index contributed by atoms with van der Waals surface area (Å²) in [6.07, 6.45) is 10.5. The predicted octanol–water partition coefficient (Wildman–Crippen LogP) is 5.50. The van der Waals surface area contributed by atoms with Gasteiger partial charge in [-0.2, -0.15) is 0 Å². The van der Waals surface area contributed by atoms with Gasteiger partial charge in [0.2, 0.25) is 0 Å². The Hall–Kier alpha value is -1.06. The maximum atomic E-state index is 10.1. The van der Waals surface area contributed by atoms with Crippen LogP contribution in [0.1, 0.15) is 98.3 Å². The van der Waals surface area contributed by atoms with Crippen molar-refractivity contribution in [2.45, 2.75) is 98.3 Å². The number of rotatable bonds is 11. The maximum Gasteiger partial charge on any atom is 0.303 e. The molecule has 4 heteroatoms. The normalized spacial score (nSPS) is 10.7. The van der Waals surface area contributed by atoms with Crippen molar-refractivity contribution in [3.63, 3.8) is 0 Å². The highest BCUT2D eigenvalue weighted by Gasteiger charge is 2.09. The quantitative estimate of drug-likeness (QED) is 0.494. The molecule has 0 rings (SSSR count). The van der Waals surface area contributed by atoms with Crippen LogP contribution in [0, 0.1) is 5.41 Å². The van der Waals surface area contributed by atoms with E-state index >= 15 is 0 Å². The van der Waals surface area contributed by atoms with Crippen LogP contribution in [-0.2, 0) is 9.59 Å². The molecular weight excluding hydrogens is 280 g/mol. The van der Waals surface area contributed by atoms with Gasteiger partial charge in [0.15, 0.2) is 0 Å². The molecule has 0 amide bonds. The van der Waals surface area contributed by atoms with Crippen LogP contribution in [0.15, 0.2) is 0 Å². The van der Waals surface area contributed by atoms with Gasteiger partial charge in [0.05, 0.1) is 0 Å². The van der Waals surface area contributed by atoms with E-state index in [0.717, 1.165) is 32.1 Å². The van der Waals surface area contributed by atoms with Crippen molar-refractivity contribution in [1.29, 1.82) is 0 Å². The highest BCUT2D eigenvalue weighted by atomic mass is 16.4. The molecule has 0 heterocycles. The summed E-state index contributed by atoms with van der Waals surface area (Å²) in [7, 11) is 0. The zero-order chi connectivity index (χ0) is 17.4. The lowest BCUT2D eigenvalue weighted by Gasteiger charge is -2.16. The number of hydrogen-bond donors (Lipinski definition) is 2. The Bertz CT molecular complexity index is 279. The van der Waals surface area contributed by atoms with E-state index < -0.39 is 11.9 Å². The van der Waals surface area contributed by atoms with Crippen molar-refractivity contribution in [3.05, 3.63) is 0 Å². The fourth-order valence-electron chi connectivity index (χ4n) is 1.99. The van der Waals surface area contributed by atoms with E-state index in [2.05, 4.69) is 27.7 Å². The number of carbonyl (C=O) groups is 2. The first kappa shape index (κ1) is 23.2. The molecule has 0 radical (unpaired) electrons. The van der Waals surface area contributed by atoms with E-state index in [1.807, 2.05) is 0 Å². The Morgan fingerprint density at radius 1 is 0.727 bits per heavy atom. The first-order valence-electron chi connectivity index (χ1n) is 8.62. The third-order valence-electron chi connectivity index (χ3n) is 3.31. The number of hydrogen-bond acceptors (Lipinski definition) is 2. The summed E-state index contributed by atoms with van der Waals surface area (Å²) in [5, 5.41) is 16.7. The lowest BCUT2D eigenvalue weighted by Crippen LogP contribution is -2.04. The minimum Gasteiger partial charge on any atom is -0.481 e. The molecule has 0 unspecified atom stereocenters. The maximum absolute atomic E-state index is 10.1. The number of carboxylic acid groups (broad SMARTS) is 2. The lowest BCUT2D eigenvalue weighted by molar-refractivity contribution is -0.138. The fraction of sp³-hybridized carbons (Fsp3) is 0.889. The van der Waals surface area contributed by atoms with Crippen molar-refractivity contribution in [2.24, 2.45) is 5.41 Å². The van der Waals surface area contributed by atoms with Crippen molar-refractivity contribution >= 4 is 11.9 Å². The standard InChI is InChI=1S/2C9H18O2/c1-9(2,3)7-5-4-6-8(10)11;1-2-3-4-5-6-7-8-9(10)11/h4-7H2,1-3H3,(H,10,11);2-8H2,1H3,(H,10,11). The Kier molecular flexibility index (Phi) is 15.7. The van der Waals surface area contributed by atoms with Crippen molar-refractivity contribution < 1.29 is 19.8 Å². The molecule has 2 N–H and O–H groups in total. The van der Waals surface area contributed by atoms with Gasteiger partial charge in [0.1, 0.15) is 0 Å². The summed E-state index contributed by atoms with van der Waals surface area (Å²) in [5.41, 5.74) is 0.346. The molecule has 4 nitrogen and oxygen atoms in total. The molecule has 22 heavy (non-hydrogen) atoms. The minimum absolute atomic E-state index is 0.316. The Labute approximate surface area is 136 Å². The Balaban J connectivity index is 0. The highest BCUT2D eigenvalue weighted by Crippen LogP contribution is 2.21. The molecule has 0 aromatic rings. The Morgan fingerprint density at radius 2 is 1.14 bits per heavy atom. The topological polar surface area (TPSA) is 74.6 Å². The van der Waals surface area contributed by atoms with Crippen LogP contribution in [0.2, 0.25) is 0 Å². The predicted molar refractivity (Wildman–Crippen MR) is 91.2 cm³/mol. The van der Waals surface area contributed by atoms with Crippen LogP contribution in [0.5, 0.6) is 0 Å². The van der Waals surface area contributed by atoms with E-state index in [0.29, 0.717) is 18.3 Å². The van der Waals surface area contributed by atoms with E-state index in [4.69, 9.17) is 10.2 Å². The van der Waals surface area contributed by atoms with Crippen LogP contribution >= 0.6 is 0 Å². The summed E-state index contributed by atoms with van der Waals surface area (Å²) in [6.45, 7) is 8.70. The van der Waals surface area contributed by atoms with Crippen LogP contribution in [0.3, 0.4) is 0 Å². The molecule has 0 atom stereocenters. The molecule has 0 bridgehead atoms. The molecular formula is C18H36O4. The number of aliphatic carboxylic acids is 2.